The zero-order valence-corrected chi connectivity index (χ0v) is 27.6. The fourth-order valence-corrected chi connectivity index (χ4v) is 4.53. The maximum absolute atomic E-state index is 12.6. The Bertz CT molecular complexity index is 1400. The third-order valence-electron chi connectivity index (χ3n) is 7.63. The van der Waals surface area contributed by atoms with Gasteiger partial charge in [0.1, 0.15) is 29.0 Å². The predicted octanol–water partition coefficient (Wildman–Crippen LogP) is 6.13. The highest BCUT2D eigenvalue weighted by Gasteiger charge is 2.24. The van der Waals surface area contributed by atoms with Crippen molar-refractivity contribution in [3.63, 3.8) is 0 Å². The number of aliphatic hydroxyl groups is 1. The van der Waals surface area contributed by atoms with Crippen LogP contribution in [0, 0.1) is 0 Å². The number of carbonyl (C=O) groups excluding carboxylic acids is 1. The highest BCUT2D eigenvalue weighted by atomic mass is 16.6. The van der Waals surface area contributed by atoms with Crippen LogP contribution in [0.15, 0.2) is 100 Å². The normalized spacial score (nSPS) is 18.9. The summed E-state index contributed by atoms with van der Waals surface area (Å²) in [6.07, 6.45) is 18.7. The molecule has 1 aromatic heterocycles. The third kappa shape index (κ3) is 9.78. The third-order valence-corrected chi connectivity index (χ3v) is 7.63. The molecule has 1 aromatic rings. The van der Waals surface area contributed by atoms with Crippen molar-refractivity contribution >= 4 is 23.8 Å². The Balaban J connectivity index is 1.86. The number of rotatable bonds is 13. The Morgan fingerprint density at radius 2 is 1.98 bits per heavy atom. The Morgan fingerprint density at radius 1 is 1.22 bits per heavy atom. The van der Waals surface area contributed by atoms with Crippen LogP contribution in [0.3, 0.4) is 0 Å². The van der Waals surface area contributed by atoms with Crippen LogP contribution in [0.5, 0.6) is 0 Å². The number of hydrogen-bond donors (Lipinski definition) is 1. The van der Waals surface area contributed by atoms with Gasteiger partial charge in [-0.3, -0.25) is 14.9 Å². The molecule has 1 aliphatic heterocycles. The molecule has 45 heavy (non-hydrogen) atoms. The van der Waals surface area contributed by atoms with Crippen molar-refractivity contribution in [3.8, 4) is 0 Å². The fraction of sp³-hybridized carbons (Fsp3) is 0.429. The first-order chi connectivity index (χ1) is 21.5. The number of anilines is 1. The molecule has 0 bridgehead atoms. The summed E-state index contributed by atoms with van der Waals surface area (Å²) >= 11 is 0. The average molecular weight is 618 g/mol. The highest BCUT2D eigenvalue weighted by Crippen LogP contribution is 2.23. The Kier molecular flexibility index (Phi) is 12.9. The van der Waals surface area contributed by atoms with Crippen molar-refractivity contribution in [2.45, 2.75) is 64.6 Å². The summed E-state index contributed by atoms with van der Waals surface area (Å²) in [6, 6.07) is 3.13. The van der Waals surface area contributed by atoms with E-state index in [0.29, 0.717) is 48.8 Å². The first-order valence-electron chi connectivity index (χ1n) is 15.2. The van der Waals surface area contributed by atoms with Crippen LogP contribution in [0.4, 0.5) is 10.6 Å². The number of aromatic nitrogens is 1. The van der Waals surface area contributed by atoms with Crippen molar-refractivity contribution in [1.82, 2.24) is 9.88 Å². The maximum Gasteiger partial charge on any atom is 0.415 e. The van der Waals surface area contributed by atoms with Crippen LogP contribution in [-0.4, -0.2) is 85.1 Å². The summed E-state index contributed by atoms with van der Waals surface area (Å²) < 4.78 is 16.6. The second-order valence-electron chi connectivity index (χ2n) is 11.2. The van der Waals surface area contributed by atoms with Crippen LogP contribution in [-0.2, 0) is 14.2 Å². The van der Waals surface area contributed by atoms with Crippen molar-refractivity contribution in [2.75, 3.05) is 39.3 Å². The lowest BCUT2D eigenvalue weighted by Gasteiger charge is -2.31. The number of nitrogens with zero attached hydrogens (tertiary/aromatic N) is 5. The molecule has 0 radical (unpaired) electrons. The van der Waals surface area contributed by atoms with Gasteiger partial charge >= 0.3 is 6.09 Å². The minimum Gasteiger partial charge on any atom is -0.497 e. The van der Waals surface area contributed by atoms with Gasteiger partial charge in [0, 0.05) is 56.4 Å². The number of methoxy groups -OCH3 is 2. The quantitative estimate of drug-likeness (QED) is 0.265. The summed E-state index contributed by atoms with van der Waals surface area (Å²) in [7, 11) is 4.89. The molecule has 10 nitrogen and oxygen atoms in total. The van der Waals surface area contributed by atoms with Gasteiger partial charge < -0.3 is 24.2 Å². The first-order valence-corrected chi connectivity index (χ1v) is 15.2. The molecule has 2 heterocycles. The second kappa shape index (κ2) is 16.6. The minimum absolute atomic E-state index is 0.0678. The molecule has 0 spiro atoms. The summed E-state index contributed by atoms with van der Waals surface area (Å²) in [5.74, 6) is 1.85. The van der Waals surface area contributed by atoms with Gasteiger partial charge in [0.05, 0.1) is 31.7 Å². The van der Waals surface area contributed by atoms with Crippen molar-refractivity contribution < 1.29 is 24.1 Å². The molecular formula is C35H47N5O5. The van der Waals surface area contributed by atoms with Crippen molar-refractivity contribution in [1.29, 1.82) is 0 Å². The molecule has 1 aliphatic carbocycles. The molecule has 3 rings (SSSR count). The molecule has 0 fully saturated rings. The van der Waals surface area contributed by atoms with Crippen LogP contribution in [0.2, 0.25) is 0 Å². The Morgan fingerprint density at radius 3 is 2.60 bits per heavy atom. The van der Waals surface area contributed by atoms with E-state index in [1.54, 1.807) is 39.7 Å². The van der Waals surface area contributed by atoms with E-state index in [9.17, 15) is 9.90 Å². The van der Waals surface area contributed by atoms with Crippen LogP contribution >= 0.6 is 0 Å². The van der Waals surface area contributed by atoms with E-state index in [1.165, 1.54) is 4.90 Å². The topological polar surface area (TPSA) is 109 Å². The number of aliphatic hydroxyl groups excluding tert-OH is 1. The summed E-state index contributed by atoms with van der Waals surface area (Å²) in [4.78, 5) is 30.3. The van der Waals surface area contributed by atoms with Gasteiger partial charge in [0.25, 0.3) is 0 Å². The lowest BCUT2D eigenvalue weighted by molar-refractivity contribution is 0.0418. The molecule has 0 aromatic carbocycles. The maximum atomic E-state index is 12.6. The zero-order chi connectivity index (χ0) is 33.0. The molecule has 2 aliphatic rings. The predicted molar refractivity (Wildman–Crippen MR) is 180 cm³/mol. The summed E-state index contributed by atoms with van der Waals surface area (Å²) in [5, 5.41) is 9.64. The minimum atomic E-state index is -0.561. The van der Waals surface area contributed by atoms with Crippen molar-refractivity contribution in [3.05, 3.63) is 95.9 Å². The van der Waals surface area contributed by atoms with Gasteiger partial charge in [-0.15, -0.1) is 0 Å². The largest absolute Gasteiger partial charge is 0.497 e. The smallest absolute Gasteiger partial charge is 0.415 e. The highest BCUT2D eigenvalue weighted by molar-refractivity contribution is 6.08. The molecular weight excluding hydrogens is 570 g/mol. The number of carbonyl (C=O) groups is 1. The number of aliphatic imine (C=N–C) groups is 2. The first kappa shape index (κ1) is 35.0. The molecule has 10 heteroatoms. The second-order valence-corrected chi connectivity index (χ2v) is 11.2. The van der Waals surface area contributed by atoms with E-state index < -0.39 is 17.7 Å². The SMILES string of the molecule is C=C1N=CCC(c2ccc(N(C)C(=O)OC(C)(C)CC)nc2)=NC1/C=C\C(=C/C)N(CCCO)C1C=CC(OC)=CC(OC)=C1. The van der Waals surface area contributed by atoms with E-state index in [0.717, 1.165) is 17.0 Å². The van der Waals surface area contributed by atoms with Crippen LogP contribution in [0.1, 0.15) is 52.5 Å². The number of pyridine rings is 1. The van der Waals surface area contributed by atoms with Gasteiger partial charge in [-0.25, -0.2) is 9.78 Å². The van der Waals surface area contributed by atoms with E-state index in [2.05, 4.69) is 21.5 Å². The standard InChI is InChI=1S/C35H47N5O5/c1-9-27(40(20-11-21-41)28-13-15-29(43-7)23-30(22-28)44-8)14-16-31-25(3)36-19-18-32(38-31)26-12-17-33(37-24-26)39(6)34(42)45-35(4,5)10-2/h9,12-17,19,22-24,28,31,41H,3,10-11,18,20-21H2,1-2,4-8H3/b16-14-,27-9+. The monoisotopic (exact) mass is 617 g/mol. The molecule has 0 saturated heterocycles. The summed E-state index contributed by atoms with van der Waals surface area (Å²) in [5.41, 5.74) is 2.63. The summed E-state index contributed by atoms with van der Waals surface area (Å²) in [6.45, 7) is 12.5. The van der Waals surface area contributed by atoms with E-state index >= 15 is 0 Å². The number of ether oxygens (including phenoxy) is 3. The molecule has 1 N–H and O–H groups in total. The number of hydrogen-bond acceptors (Lipinski definition) is 9. The molecule has 242 valence electrons. The van der Waals surface area contributed by atoms with Crippen LogP contribution in [0.25, 0.3) is 0 Å². The average Bonchev–Trinajstić information content (AvgIpc) is 3.37. The van der Waals surface area contributed by atoms with E-state index in [4.69, 9.17) is 19.2 Å². The van der Waals surface area contributed by atoms with Crippen LogP contribution < -0.4 is 4.90 Å². The van der Waals surface area contributed by atoms with E-state index in [-0.39, 0.29) is 12.6 Å². The van der Waals surface area contributed by atoms with Gasteiger partial charge in [0.2, 0.25) is 0 Å². The lowest BCUT2D eigenvalue weighted by atomic mass is 10.1. The van der Waals surface area contributed by atoms with Gasteiger partial charge in [-0.2, -0.15) is 0 Å². The Labute approximate surface area is 267 Å². The fourth-order valence-electron chi connectivity index (χ4n) is 4.53. The number of amides is 1. The number of allylic oxidation sites excluding steroid dienone is 4. The van der Waals surface area contributed by atoms with Crippen molar-refractivity contribution in [2.24, 2.45) is 9.98 Å². The lowest BCUT2D eigenvalue weighted by Crippen LogP contribution is -2.36. The van der Waals surface area contributed by atoms with Gasteiger partial charge in [0.15, 0.2) is 0 Å². The molecule has 2 atom stereocenters. The zero-order valence-electron chi connectivity index (χ0n) is 27.6. The molecule has 2 unspecified atom stereocenters. The molecule has 0 saturated carbocycles. The van der Waals surface area contributed by atoms with Gasteiger partial charge in [-0.05, 0) is 64.0 Å². The Hall–Kier alpha value is -4.44. The molecule has 1 amide bonds. The van der Waals surface area contributed by atoms with E-state index in [1.807, 2.05) is 76.3 Å². The van der Waals surface area contributed by atoms with Gasteiger partial charge in [-0.1, -0.05) is 31.7 Å².